The number of aryl methyl sites for hydroxylation is 2. The Morgan fingerprint density at radius 3 is 3.05 bits per heavy atom. The number of rotatable bonds is 3. The number of carbonyl (C=O) groups is 1. The van der Waals surface area contributed by atoms with Gasteiger partial charge in [-0.1, -0.05) is 0 Å². The average molecular weight is 280 g/mol. The highest BCUT2D eigenvalue weighted by Crippen LogP contribution is 2.29. The smallest absolute Gasteiger partial charge is 0.305 e. The first kappa shape index (κ1) is 13.7. The summed E-state index contributed by atoms with van der Waals surface area (Å²) in [5.74, 6) is 1.63. The van der Waals surface area contributed by atoms with Gasteiger partial charge in [-0.3, -0.25) is 9.48 Å². The second-order valence-corrected chi connectivity index (χ2v) is 5.69. The van der Waals surface area contributed by atoms with Gasteiger partial charge in [0.1, 0.15) is 17.5 Å². The van der Waals surface area contributed by atoms with Gasteiger partial charge in [0.05, 0.1) is 12.1 Å². The second-order valence-electron chi connectivity index (χ2n) is 4.54. The number of hydrogen-bond acceptors (Lipinski definition) is 5. The molecule has 1 unspecified atom stereocenters. The molecule has 2 heterocycles. The minimum atomic E-state index is -0.810. The summed E-state index contributed by atoms with van der Waals surface area (Å²) in [5.41, 5.74) is 1.23. The van der Waals surface area contributed by atoms with Crippen molar-refractivity contribution in [2.24, 2.45) is 7.05 Å². The fourth-order valence-corrected chi connectivity index (χ4v) is 3.47. The lowest BCUT2D eigenvalue weighted by Crippen LogP contribution is -2.45. The van der Waals surface area contributed by atoms with Gasteiger partial charge in [-0.05, 0) is 6.92 Å². The van der Waals surface area contributed by atoms with Gasteiger partial charge in [0.15, 0.2) is 0 Å². The zero-order chi connectivity index (χ0) is 14.0. The molecule has 6 nitrogen and oxygen atoms in total. The number of aliphatic carboxylic acids is 1. The average Bonchev–Trinajstić information content (AvgIpc) is 2.63. The van der Waals surface area contributed by atoms with E-state index in [9.17, 15) is 10.1 Å². The summed E-state index contributed by atoms with van der Waals surface area (Å²) in [5, 5.41) is 22.5. The first-order valence-electron chi connectivity index (χ1n) is 6.04. The fourth-order valence-electron chi connectivity index (χ4n) is 2.41. The Kier molecular flexibility index (Phi) is 4.00. The van der Waals surface area contributed by atoms with Crippen LogP contribution in [-0.4, -0.2) is 44.9 Å². The van der Waals surface area contributed by atoms with E-state index in [1.54, 1.807) is 30.4 Å². The number of nitrogens with zero attached hydrogens (tertiary/aromatic N) is 4. The normalized spacial score (nSPS) is 19.2. The number of hydrogen-bond donors (Lipinski definition) is 1. The van der Waals surface area contributed by atoms with E-state index in [-0.39, 0.29) is 12.5 Å². The van der Waals surface area contributed by atoms with Crippen LogP contribution in [-0.2, 0) is 11.8 Å². The molecule has 1 fully saturated rings. The van der Waals surface area contributed by atoms with Crippen LogP contribution in [0.4, 0.5) is 5.82 Å². The monoisotopic (exact) mass is 280 g/mol. The van der Waals surface area contributed by atoms with Gasteiger partial charge in [0, 0.05) is 31.1 Å². The van der Waals surface area contributed by atoms with E-state index in [1.807, 2.05) is 4.90 Å². The van der Waals surface area contributed by atoms with Gasteiger partial charge in [-0.2, -0.15) is 22.1 Å². The summed E-state index contributed by atoms with van der Waals surface area (Å²) in [7, 11) is 1.79. The van der Waals surface area contributed by atoms with Crippen molar-refractivity contribution >= 4 is 23.5 Å². The molecule has 1 aromatic rings. The number of aromatic nitrogens is 2. The number of carboxylic acids is 1. The summed E-state index contributed by atoms with van der Waals surface area (Å²) in [4.78, 5) is 13.0. The van der Waals surface area contributed by atoms with E-state index in [1.165, 1.54) is 0 Å². The second kappa shape index (κ2) is 5.53. The molecule has 0 spiro atoms. The summed E-state index contributed by atoms with van der Waals surface area (Å²) in [6.45, 7) is 2.54. The Morgan fingerprint density at radius 1 is 1.68 bits per heavy atom. The Morgan fingerprint density at radius 2 is 2.42 bits per heavy atom. The topological polar surface area (TPSA) is 82.2 Å². The summed E-state index contributed by atoms with van der Waals surface area (Å²) in [6.07, 6.45) is 0.0854. The summed E-state index contributed by atoms with van der Waals surface area (Å²) in [6, 6.07) is 2.09. The van der Waals surface area contributed by atoms with Gasteiger partial charge < -0.3 is 10.0 Å². The van der Waals surface area contributed by atoms with Gasteiger partial charge >= 0.3 is 5.97 Å². The van der Waals surface area contributed by atoms with Crippen LogP contribution in [0, 0.1) is 18.3 Å². The van der Waals surface area contributed by atoms with Crippen LogP contribution in [0.3, 0.4) is 0 Å². The molecular formula is C12H16N4O2S. The Hall–Kier alpha value is -1.68. The quantitative estimate of drug-likeness (QED) is 0.889. The Bertz CT molecular complexity index is 535. The third-order valence-corrected chi connectivity index (χ3v) is 4.31. The lowest BCUT2D eigenvalue weighted by Gasteiger charge is -2.36. The van der Waals surface area contributed by atoms with Crippen molar-refractivity contribution in [1.29, 1.82) is 5.26 Å². The van der Waals surface area contributed by atoms with Crippen molar-refractivity contribution in [2.75, 3.05) is 23.0 Å². The SMILES string of the molecule is Cc1nn(C)c(N2CCSCC2CC(=O)O)c1C#N. The molecule has 0 bridgehead atoms. The van der Waals surface area contributed by atoms with E-state index in [0.717, 1.165) is 23.9 Å². The fraction of sp³-hybridized carbons (Fsp3) is 0.583. The Labute approximate surface area is 116 Å². The summed E-state index contributed by atoms with van der Waals surface area (Å²) >= 11 is 1.75. The highest BCUT2D eigenvalue weighted by Gasteiger charge is 2.30. The minimum Gasteiger partial charge on any atom is -0.481 e. The van der Waals surface area contributed by atoms with Gasteiger partial charge in [-0.25, -0.2) is 0 Å². The molecule has 1 N–H and O–H groups in total. The maximum Gasteiger partial charge on any atom is 0.305 e. The lowest BCUT2D eigenvalue weighted by atomic mass is 10.1. The van der Waals surface area contributed by atoms with E-state index in [0.29, 0.717) is 11.3 Å². The molecule has 1 aliphatic heterocycles. The van der Waals surface area contributed by atoms with Crippen LogP contribution >= 0.6 is 11.8 Å². The maximum absolute atomic E-state index is 11.0. The third kappa shape index (κ3) is 2.68. The van der Waals surface area contributed by atoms with Crippen molar-refractivity contribution in [1.82, 2.24) is 9.78 Å². The first-order valence-corrected chi connectivity index (χ1v) is 7.20. The predicted molar refractivity (Wildman–Crippen MR) is 73.4 cm³/mol. The zero-order valence-corrected chi connectivity index (χ0v) is 11.8. The molecular weight excluding hydrogens is 264 g/mol. The predicted octanol–water partition coefficient (Wildman–Crippen LogP) is 0.997. The van der Waals surface area contributed by atoms with Crippen LogP contribution < -0.4 is 4.90 Å². The molecule has 1 aliphatic rings. The lowest BCUT2D eigenvalue weighted by molar-refractivity contribution is -0.137. The Balaban J connectivity index is 2.37. The number of thioether (sulfide) groups is 1. The molecule has 1 saturated heterocycles. The molecule has 0 saturated carbocycles. The molecule has 0 radical (unpaired) electrons. The van der Waals surface area contributed by atoms with Crippen molar-refractivity contribution in [3.05, 3.63) is 11.3 Å². The van der Waals surface area contributed by atoms with Crippen molar-refractivity contribution in [3.8, 4) is 6.07 Å². The van der Waals surface area contributed by atoms with E-state index in [2.05, 4.69) is 11.2 Å². The van der Waals surface area contributed by atoms with E-state index in [4.69, 9.17) is 5.11 Å². The maximum atomic E-state index is 11.0. The first-order chi connectivity index (χ1) is 9.04. The highest BCUT2D eigenvalue weighted by molar-refractivity contribution is 7.99. The molecule has 0 aliphatic carbocycles. The van der Waals surface area contributed by atoms with E-state index < -0.39 is 5.97 Å². The molecule has 7 heteroatoms. The van der Waals surface area contributed by atoms with Crippen LogP contribution in [0.15, 0.2) is 0 Å². The molecule has 102 valence electrons. The molecule has 0 aromatic carbocycles. The molecule has 0 amide bonds. The molecule has 1 atom stereocenters. The third-order valence-electron chi connectivity index (χ3n) is 3.21. The van der Waals surface area contributed by atoms with Gasteiger partial charge in [0.25, 0.3) is 0 Å². The van der Waals surface area contributed by atoms with Crippen LogP contribution in [0.1, 0.15) is 17.7 Å². The highest BCUT2D eigenvalue weighted by atomic mass is 32.2. The standard InChI is InChI=1S/C12H16N4O2S/c1-8-10(6-13)12(15(2)14-8)16-3-4-19-7-9(16)5-11(17)18/h9H,3-5,7H2,1-2H3,(H,17,18). The van der Waals surface area contributed by atoms with E-state index >= 15 is 0 Å². The van der Waals surface area contributed by atoms with Crippen LogP contribution in [0.2, 0.25) is 0 Å². The van der Waals surface area contributed by atoms with Gasteiger partial charge in [0.2, 0.25) is 0 Å². The number of nitriles is 1. The number of anilines is 1. The molecule has 1 aromatic heterocycles. The van der Waals surface area contributed by atoms with Crippen molar-refractivity contribution in [2.45, 2.75) is 19.4 Å². The molecule has 19 heavy (non-hydrogen) atoms. The largest absolute Gasteiger partial charge is 0.481 e. The van der Waals surface area contributed by atoms with Crippen molar-refractivity contribution in [3.63, 3.8) is 0 Å². The molecule has 2 rings (SSSR count). The van der Waals surface area contributed by atoms with Crippen LogP contribution in [0.25, 0.3) is 0 Å². The van der Waals surface area contributed by atoms with Gasteiger partial charge in [-0.15, -0.1) is 0 Å². The van der Waals surface area contributed by atoms with Crippen LogP contribution in [0.5, 0.6) is 0 Å². The number of carboxylic acid groups (broad SMARTS) is 1. The van der Waals surface area contributed by atoms with Crippen molar-refractivity contribution < 1.29 is 9.90 Å². The summed E-state index contributed by atoms with van der Waals surface area (Å²) < 4.78 is 1.68. The zero-order valence-electron chi connectivity index (χ0n) is 11.0. The minimum absolute atomic E-state index is 0.0850.